The zero-order chi connectivity index (χ0) is 16.8. The van der Waals surface area contributed by atoms with Gasteiger partial charge in [0.1, 0.15) is 5.82 Å². The fourth-order valence-corrected chi connectivity index (χ4v) is 2.71. The van der Waals surface area contributed by atoms with E-state index in [-0.39, 0.29) is 24.3 Å². The Hall–Kier alpha value is -1.50. The van der Waals surface area contributed by atoms with Crippen molar-refractivity contribution in [3.05, 3.63) is 29.6 Å². The molecule has 1 atom stereocenters. The van der Waals surface area contributed by atoms with E-state index >= 15 is 0 Å². The van der Waals surface area contributed by atoms with Crippen LogP contribution in [0.5, 0.6) is 0 Å². The molecule has 1 amide bonds. The lowest BCUT2D eigenvalue weighted by molar-refractivity contribution is -0.115. The second-order valence-electron chi connectivity index (χ2n) is 6.39. The SMILES string of the molecule is Cc1cc(F)ccc1NC(=O)CN[C@H](C)CN1CCN(C)CC1. The molecule has 5 nitrogen and oxygen atoms in total. The number of hydrogen-bond acceptors (Lipinski definition) is 4. The fourth-order valence-electron chi connectivity index (χ4n) is 2.71. The predicted molar refractivity (Wildman–Crippen MR) is 91.2 cm³/mol. The standard InChI is InChI=1S/C17H27FN4O/c1-13-10-15(18)4-5-16(13)20-17(23)11-19-14(2)12-22-8-6-21(3)7-9-22/h4-5,10,14,19H,6-9,11-12H2,1-3H3,(H,20,23)/t14-/m1/s1. The van der Waals surface area contributed by atoms with Crippen molar-refractivity contribution in [2.45, 2.75) is 19.9 Å². The zero-order valence-corrected chi connectivity index (χ0v) is 14.2. The molecule has 6 heteroatoms. The Morgan fingerprint density at radius 3 is 2.65 bits per heavy atom. The molecule has 1 aliphatic heterocycles. The molecule has 1 saturated heterocycles. The van der Waals surface area contributed by atoms with Crippen LogP contribution in [0.3, 0.4) is 0 Å². The Morgan fingerprint density at radius 1 is 1.30 bits per heavy atom. The first kappa shape index (κ1) is 17.8. The average molecular weight is 322 g/mol. The maximum Gasteiger partial charge on any atom is 0.238 e. The van der Waals surface area contributed by atoms with Gasteiger partial charge in [-0.05, 0) is 44.7 Å². The third-order valence-corrected chi connectivity index (χ3v) is 4.20. The van der Waals surface area contributed by atoms with Gasteiger partial charge in [-0.25, -0.2) is 4.39 Å². The molecule has 0 aromatic heterocycles. The van der Waals surface area contributed by atoms with Crippen molar-refractivity contribution in [3.8, 4) is 0 Å². The molecule has 0 saturated carbocycles. The largest absolute Gasteiger partial charge is 0.325 e. The molecule has 1 aromatic rings. The summed E-state index contributed by atoms with van der Waals surface area (Å²) < 4.78 is 13.1. The number of piperazine rings is 1. The van der Waals surface area contributed by atoms with E-state index in [0.717, 1.165) is 38.3 Å². The number of likely N-dealkylation sites (N-methyl/N-ethyl adjacent to an activating group) is 1. The van der Waals surface area contributed by atoms with E-state index in [9.17, 15) is 9.18 Å². The van der Waals surface area contributed by atoms with Crippen LogP contribution in [0.4, 0.5) is 10.1 Å². The molecule has 128 valence electrons. The van der Waals surface area contributed by atoms with E-state index in [0.29, 0.717) is 5.69 Å². The predicted octanol–water partition coefficient (Wildman–Crippen LogP) is 1.30. The number of benzene rings is 1. The first-order valence-corrected chi connectivity index (χ1v) is 8.14. The maximum atomic E-state index is 13.1. The number of halogens is 1. The average Bonchev–Trinajstić information content (AvgIpc) is 2.50. The van der Waals surface area contributed by atoms with Crippen LogP contribution in [0.15, 0.2) is 18.2 Å². The van der Waals surface area contributed by atoms with Gasteiger partial charge in [0, 0.05) is 44.5 Å². The summed E-state index contributed by atoms with van der Waals surface area (Å²) in [5.41, 5.74) is 1.38. The number of hydrogen-bond donors (Lipinski definition) is 2. The first-order chi connectivity index (χ1) is 10.9. The second-order valence-corrected chi connectivity index (χ2v) is 6.39. The van der Waals surface area contributed by atoms with Gasteiger partial charge in [-0.15, -0.1) is 0 Å². The van der Waals surface area contributed by atoms with Gasteiger partial charge in [0.2, 0.25) is 5.91 Å². The summed E-state index contributed by atoms with van der Waals surface area (Å²) in [7, 11) is 2.14. The highest BCUT2D eigenvalue weighted by atomic mass is 19.1. The minimum atomic E-state index is -0.292. The Balaban J connectivity index is 1.71. The summed E-state index contributed by atoms with van der Waals surface area (Å²) in [5.74, 6) is -0.399. The molecule has 1 aromatic carbocycles. The van der Waals surface area contributed by atoms with Crippen molar-refractivity contribution in [1.82, 2.24) is 15.1 Å². The number of amides is 1. The van der Waals surface area contributed by atoms with Crippen molar-refractivity contribution >= 4 is 11.6 Å². The van der Waals surface area contributed by atoms with Gasteiger partial charge in [-0.1, -0.05) is 0 Å². The number of rotatable bonds is 6. The van der Waals surface area contributed by atoms with Gasteiger partial charge < -0.3 is 15.5 Å². The highest BCUT2D eigenvalue weighted by Gasteiger charge is 2.16. The van der Waals surface area contributed by atoms with Gasteiger partial charge >= 0.3 is 0 Å². The summed E-state index contributed by atoms with van der Waals surface area (Å²) in [6.45, 7) is 9.40. The zero-order valence-electron chi connectivity index (χ0n) is 14.2. The number of nitrogens with zero attached hydrogens (tertiary/aromatic N) is 2. The van der Waals surface area contributed by atoms with E-state index in [2.05, 4.69) is 34.4 Å². The second kappa shape index (κ2) is 8.38. The first-order valence-electron chi connectivity index (χ1n) is 8.14. The molecule has 23 heavy (non-hydrogen) atoms. The number of anilines is 1. The van der Waals surface area contributed by atoms with Crippen LogP contribution in [0.25, 0.3) is 0 Å². The molecule has 0 bridgehead atoms. The molecule has 0 radical (unpaired) electrons. The number of aryl methyl sites for hydroxylation is 1. The monoisotopic (exact) mass is 322 g/mol. The third kappa shape index (κ3) is 5.89. The molecule has 1 fully saturated rings. The lowest BCUT2D eigenvalue weighted by Crippen LogP contribution is -2.49. The van der Waals surface area contributed by atoms with Crippen LogP contribution < -0.4 is 10.6 Å². The van der Waals surface area contributed by atoms with Crippen LogP contribution in [0.2, 0.25) is 0 Å². The Kier molecular flexibility index (Phi) is 6.50. The fraction of sp³-hybridized carbons (Fsp3) is 0.588. The van der Waals surface area contributed by atoms with Gasteiger partial charge in [0.15, 0.2) is 0 Å². The van der Waals surface area contributed by atoms with Crippen LogP contribution in [-0.4, -0.2) is 68.1 Å². The number of nitrogens with one attached hydrogen (secondary N) is 2. The van der Waals surface area contributed by atoms with Crippen molar-refractivity contribution in [3.63, 3.8) is 0 Å². The van der Waals surface area contributed by atoms with Gasteiger partial charge in [-0.2, -0.15) is 0 Å². The van der Waals surface area contributed by atoms with Gasteiger partial charge in [0.05, 0.1) is 6.54 Å². The number of carbonyl (C=O) groups is 1. The Bertz CT molecular complexity index is 529. The van der Waals surface area contributed by atoms with E-state index in [4.69, 9.17) is 0 Å². The van der Waals surface area contributed by atoms with Crippen molar-refractivity contribution in [2.75, 3.05) is 51.6 Å². The lowest BCUT2D eigenvalue weighted by Gasteiger charge is -2.34. The molecule has 2 N–H and O–H groups in total. The molecule has 0 aliphatic carbocycles. The third-order valence-electron chi connectivity index (χ3n) is 4.20. The summed E-state index contributed by atoms with van der Waals surface area (Å²) in [4.78, 5) is 16.7. The van der Waals surface area contributed by atoms with E-state index < -0.39 is 0 Å². The van der Waals surface area contributed by atoms with Crippen molar-refractivity contribution in [2.24, 2.45) is 0 Å². The summed E-state index contributed by atoms with van der Waals surface area (Å²) >= 11 is 0. The van der Waals surface area contributed by atoms with Gasteiger partial charge in [0.25, 0.3) is 0 Å². The van der Waals surface area contributed by atoms with Crippen molar-refractivity contribution < 1.29 is 9.18 Å². The van der Waals surface area contributed by atoms with E-state index in [1.165, 1.54) is 12.1 Å². The summed E-state index contributed by atoms with van der Waals surface area (Å²) in [5, 5.41) is 6.06. The maximum absolute atomic E-state index is 13.1. The molecular formula is C17H27FN4O. The molecule has 1 aliphatic rings. The molecule has 2 rings (SSSR count). The van der Waals surface area contributed by atoms with Crippen LogP contribution in [0.1, 0.15) is 12.5 Å². The highest BCUT2D eigenvalue weighted by Crippen LogP contribution is 2.15. The molecule has 0 unspecified atom stereocenters. The minimum absolute atomic E-state index is 0.107. The van der Waals surface area contributed by atoms with Crippen molar-refractivity contribution in [1.29, 1.82) is 0 Å². The molecular weight excluding hydrogens is 295 g/mol. The topological polar surface area (TPSA) is 47.6 Å². The normalized spacial score (nSPS) is 17.9. The Labute approximate surface area is 137 Å². The summed E-state index contributed by atoms with van der Waals surface area (Å²) in [6, 6.07) is 4.61. The highest BCUT2D eigenvalue weighted by molar-refractivity contribution is 5.92. The van der Waals surface area contributed by atoms with Crippen LogP contribution in [0, 0.1) is 12.7 Å². The molecule has 1 heterocycles. The minimum Gasteiger partial charge on any atom is -0.325 e. The van der Waals surface area contributed by atoms with Gasteiger partial charge in [-0.3, -0.25) is 9.69 Å². The quantitative estimate of drug-likeness (QED) is 0.829. The van der Waals surface area contributed by atoms with Crippen LogP contribution in [-0.2, 0) is 4.79 Å². The van der Waals surface area contributed by atoms with E-state index in [1.54, 1.807) is 13.0 Å². The Morgan fingerprint density at radius 2 is 2.00 bits per heavy atom. The van der Waals surface area contributed by atoms with Crippen LogP contribution >= 0.6 is 0 Å². The smallest absolute Gasteiger partial charge is 0.238 e. The number of carbonyl (C=O) groups excluding carboxylic acids is 1. The molecule has 0 spiro atoms. The summed E-state index contributed by atoms with van der Waals surface area (Å²) in [6.07, 6.45) is 0. The lowest BCUT2D eigenvalue weighted by atomic mass is 10.2. The van der Waals surface area contributed by atoms with E-state index in [1.807, 2.05) is 0 Å².